The van der Waals surface area contributed by atoms with Crippen LogP contribution in [0.15, 0.2) is 42.0 Å². The number of hydrogen-bond donors (Lipinski definition) is 0. The zero-order valence-electron chi connectivity index (χ0n) is 14.4. The Bertz CT molecular complexity index is 430. The topological polar surface area (TPSA) is 17.1 Å². The maximum absolute atomic E-state index is 10.9. The molecule has 0 bridgehead atoms. The number of ketones is 1. The highest BCUT2D eigenvalue weighted by atomic mass is 16.1. The van der Waals surface area contributed by atoms with Gasteiger partial charge in [0.2, 0.25) is 0 Å². The van der Waals surface area contributed by atoms with Crippen molar-refractivity contribution in [1.29, 1.82) is 0 Å². The standard InChI is InChI=1S/C21H32O/c1-19(18-20(2)22)14-10-7-5-3-4-6-8-11-15-21-16-12-9-13-17-21/h9,12-13,16-18H,3-8,10-11,14-15H2,1-2H3/b19-18+. The van der Waals surface area contributed by atoms with Crippen LogP contribution in [-0.4, -0.2) is 5.78 Å². The number of carbonyl (C=O) groups is 1. The summed E-state index contributed by atoms with van der Waals surface area (Å²) in [5.74, 6) is 0.174. The number of rotatable bonds is 12. The van der Waals surface area contributed by atoms with Crippen LogP contribution >= 0.6 is 0 Å². The van der Waals surface area contributed by atoms with Crippen molar-refractivity contribution in [3.63, 3.8) is 0 Å². The van der Waals surface area contributed by atoms with Gasteiger partial charge in [-0.25, -0.2) is 0 Å². The van der Waals surface area contributed by atoms with E-state index in [-0.39, 0.29) is 5.78 Å². The average molecular weight is 300 g/mol. The van der Waals surface area contributed by atoms with Crippen LogP contribution in [-0.2, 0) is 11.2 Å². The maximum atomic E-state index is 10.9. The van der Waals surface area contributed by atoms with E-state index in [0.717, 1.165) is 6.42 Å². The third kappa shape index (κ3) is 10.4. The van der Waals surface area contributed by atoms with Gasteiger partial charge in [0, 0.05) is 0 Å². The van der Waals surface area contributed by atoms with E-state index in [1.54, 1.807) is 13.0 Å². The van der Waals surface area contributed by atoms with Crippen LogP contribution in [0.1, 0.15) is 77.2 Å². The summed E-state index contributed by atoms with van der Waals surface area (Å²) >= 11 is 0. The number of carbonyl (C=O) groups excluding carboxylic acids is 1. The second-order valence-corrected chi connectivity index (χ2v) is 6.42. The molecular formula is C21H32O. The SMILES string of the molecule is CC(=O)/C=C(\C)CCCCCCCCCCc1ccccc1. The number of aryl methyl sites for hydroxylation is 1. The fourth-order valence-electron chi connectivity index (χ4n) is 2.86. The fourth-order valence-corrected chi connectivity index (χ4v) is 2.86. The molecule has 1 rings (SSSR count). The highest BCUT2D eigenvalue weighted by Gasteiger charge is 1.96. The van der Waals surface area contributed by atoms with Crippen molar-refractivity contribution in [3.8, 4) is 0 Å². The molecule has 0 saturated carbocycles. The molecule has 1 aromatic carbocycles. The zero-order valence-corrected chi connectivity index (χ0v) is 14.4. The lowest BCUT2D eigenvalue weighted by molar-refractivity contribution is -0.112. The van der Waals surface area contributed by atoms with Gasteiger partial charge in [-0.15, -0.1) is 0 Å². The molecule has 0 aromatic heterocycles. The molecule has 1 heteroatoms. The van der Waals surface area contributed by atoms with Crippen molar-refractivity contribution in [1.82, 2.24) is 0 Å². The highest BCUT2D eigenvalue weighted by molar-refractivity contribution is 5.87. The van der Waals surface area contributed by atoms with Crippen LogP contribution in [0.5, 0.6) is 0 Å². The van der Waals surface area contributed by atoms with E-state index < -0.39 is 0 Å². The molecule has 0 heterocycles. The van der Waals surface area contributed by atoms with E-state index in [2.05, 4.69) is 37.3 Å². The first-order valence-electron chi connectivity index (χ1n) is 8.90. The van der Waals surface area contributed by atoms with Crippen molar-refractivity contribution < 1.29 is 4.79 Å². The average Bonchev–Trinajstić information content (AvgIpc) is 2.49. The molecule has 22 heavy (non-hydrogen) atoms. The summed E-state index contributed by atoms with van der Waals surface area (Å²) in [4.78, 5) is 10.9. The van der Waals surface area contributed by atoms with Crippen molar-refractivity contribution in [2.24, 2.45) is 0 Å². The Morgan fingerprint density at radius 1 is 0.818 bits per heavy atom. The summed E-state index contributed by atoms with van der Waals surface area (Å²) in [6.45, 7) is 3.69. The molecule has 0 amide bonds. The predicted molar refractivity (Wildman–Crippen MR) is 96.1 cm³/mol. The Kier molecular flexibility index (Phi) is 10.4. The summed E-state index contributed by atoms with van der Waals surface area (Å²) in [6.07, 6.45) is 14.7. The normalized spacial score (nSPS) is 11.6. The van der Waals surface area contributed by atoms with Crippen LogP contribution in [0.3, 0.4) is 0 Å². The van der Waals surface area contributed by atoms with Gasteiger partial charge >= 0.3 is 0 Å². The Morgan fingerprint density at radius 2 is 1.36 bits per heavy atom. The van der Waals surface area contributed by atoms with Gasteiger partial charge in [0.05, 0.1) is 0 Å². The van der Waals surface area contributed by atoms with Gasteiger partial charge in [-0.05, 0) is 51.2 Å². The molecular weight excluding hydrogens is 268 g/mol. The molecule has 1 nitrogen and oxygen atoms in total. The molecule has 0 atom stereocenters. The smallest absolute Gasteiger partial charge is 0.152 e. The Balaban J connectivity index is 1.87. The van der Waals surface area contributed by atoms with Crippen molar-refractivity contribution >= 4 is 5.78 Å². The van der Waals surface area contributed by atoms with Crippen LogP contribution in [0.4, 0.5) is 0 Å². The molecule has 0 unspecified atom stereocenters. The van der Waals surface area contributed by atoms with Gasteiger partial charge in [0.25, 0.3) is 0 Å². The number of unbranched alkanes of at least 4 members (excludes halogenated alkanes) is 7. The second-order valence-electron chi connectivity index (χ2n) is 6.42. The number of allylic oxidation sites excluding steroid dienone is 2. The van der Waals surface area contributed by atoms with E-state index in [1.165, 1.54) is 68.9 Å². The molecule has 1 aromatic rings. The minimum atomic E-state index is 0.174. The van der Waals surface area contributed by atoms with Gasteiger partial charge in [-0.3, -0.25) is 4.79 Å². The van der Waals surface area contributed by atoms with Gasteiger partial charge < -0.3 is 0 Å². The first-order valence-corrected chi connectivity index (χ1v) is 8.90. The Morgan fingerprint density at radius 3 is 1.95 bits per heavy atom. The molecule has 122 valence electrons. The Hall–Kier alpha value is -1.37. The summed E-state index contributed by atoms with van der Waals surface area (Å²) in [6, 6.07) is 10.8. The minimum absolute atomic E-state index is 0.174. The lowest BCUT2D eigenvalue weighted by atomic mass is 10.0. The van der Waals surface area contributed by atoms with E-state index in [1.807, 2.05) is 0 Å². The maximum Gasteiger partial charge on any atom is 0.152 e. The molecule has 0 radical (unpaired) electrons. The molecule has 0 aliphatic heterocycles. The van der Waals surface area contributed by atoms with Gasteiger partial charge in [0.1, 0.15) is 0 Å². The monoisotopic (exact) mass is 300 g/mol. The lowest BCUT2D eigenvalue weighted by Gasteiger charge is -2.03. The van der Waals surface area contributed by atoms with E-state index in [0.29, 0.717) is 0 Å². The molecule has 0 N–H and O–H groups in total. The van der Waals surface area contributed by atoms with E-state index >= 15 is 0 Å². The zero-order chi connectivity index (χ0) is 16.0. The van der Waals surface area contributed by atoms with Crippen LogP contribution in [0, 0.1) is 0 Å². The number of hydrogen-bond acceptors (Lipinski definition) is 1. The van der Waals surface area contributed by atoms with Crippen molar-refractivity contribution in [2.75, 3.05) is 0 Å². The summed E-state index contributed by atoms with van der Waals surface area (Å²) in [7, 11) is 0. The molecule has 0 aliphatic rings. The van der Waals surface area contributed by atoms with Crippen LogP contribution < -0.4 is 0 Å². The van der Waals surface area contributed by atoms with Gasteiger partial charge in [0.15, 0.2) is 5.78 Å². The highest BCUT2D eigenvalue weighted by Crippen LogP contribution is 2.13. The third-order valence-corrected chi connectivity index (χ3v) is 4.08. The lowest BCUT2D eigenvalue weighted by Crippen LogP contribution is -1.87. The molecule has 0 aliphatic carbocycles. The largest absolute Gasteiger partial charge is 0.295 e. The van der Waals surface area contributed by atoms with E-state index in [9.17, 15) is 4.79 Å². The summed E-state index contributed by atoms with van der Waals surface area (Å²) in [5, 5.41) is 0. The second kappa shape index (κ2) is 12.2. The van der Waals surface area contributed by atoms with Gasteiger partial charge in [-0.1, -0.05) is 74.4 Å². The molecule has 0 saturated heterocycles. The summed E-state index contributed by atoms with van der Waals surface area (Å²) < 4.78 is 0. The first-order chi connectivity index (χ1) is 10.7. The summed E-state index contributed by atoms with van der Waals surface area (Å²) in [5.41, 5.74) is 2.70. The van der Waals surface area contributed by atoms with Crippen LogP contribution in [0.2, 0.25) is 0 Å². The minimum Gasteiger partial charge on any atom is -0.295 e. The molecule has 0 spiro atoms. The number of benzene rings is 1. The Labute approximate surface area is 136 Å². The van der Waals surface area contributed by atoms with Gasteiger partial charge in [-0.2, -0.15) is 0 Å². The quantitative estimate of drug-likeness (QED) is 0.328. The van der Waals surface area contributed by atoms with Crippen molar-refractivity contribution in [2.45, 2.75) is 78.1 Å². The van der Waals surface area contributed by atoms with Crippen LogP contribution in [0.25, 0.3) is 0 Å². The third-order valence-electron chi connectivity index (χ3n) is 4.08. The first kappa shape index (κ1) is 18.7. The van der Waals surface area contributed by atoms with E-state index in [4.69, 9.17) is 0 Å². The fraction of sp³-hybridized carbons (Fsp3) is 0.571. The predicted octanol–water partition coefficient (Wildman–Crippen LogP) is 6.28. The van der Waals surface area contributed by atoms with Crippen molar-refractivity contribution in [3.05, 3.63) is 47.5 Å². The molecule has 0 fully saturated rings.